The number of nitrogens with zero attached hydrogens (tertiary/aromatic N) is 1. The molecule has 1 aromatic carbocycles. The van der Waals surface area contributed by atoms with Crippen LogP contribution in [0.1, 0.15) is 11.1 Å². The van der Waals surface area contributed by atoms with Crippen LogP contribution in [0.2, 0.25) is 0 Å². The van der Waals surface area contributed by atoms with Gasteiger partial charge in [0, 0.05) is 10.9 Å². The first-order chi connectivity index (χ1) is 6.51. The second kappa shape index (κ2) is 4.94. The van der Waals surface area contributed by atoms with Crippen molar-refractivity contribution in [3.05, 3.63) is 35.4 Å². The Labute approximate surface area is 95.5 Å². The molecule has 0 aliphatic rings. The Morgan fingerprint density at radius 3 is 1.93 bits per heavy atom. The van der Waals surface area contributed by atoms with Gasteiger partial charge in [-0.1, -0.05) is 40.2 Å². The predicted octanol–water partition coefficient (Wildman–Crippen LogP) is 2.83. The van der Waals surface area contributed by atoms with Gasteiger partial charge >= 0.3 is 0 Å². The molecule has 0 fully saturated rings. The molecule has 0 aliphatic carbocycles. The van der Waals surface area contributed by atoms with E-state index in [9.17, 15) is 0 Å². The van der Waals surface area contributed by atoms with E-state index in [0.29, 0.717) is 0 Å². The molecule has 1 aromatic rings. The molecule has 0 aliphatic heterocycles. The molecule has 0 spiro atoms. The van der Waals surface area contributed by atoms with Crippen LogP contribution in [0.5, 0.6) is 0 Å². The van der Waals surface area contributed by atoms with E-state index < -0.39 is 0 Å². The van der Waals surface area contributed by atoms with E-state index in [0.717, 1.165) is 22.8 Å². The molecule has 0 radical (unpaired) electrons. The average molecular weight is 257 g/mol. The van der Waals surface area contributed by atoms with Crippen molar-refractivity contribution < 1.29 is 4.48 Å². The zero-order valence-corrected chi connectivity index (χ0v) is 10.8. The molecule has 0 N–H and O–H groups in total. The molecule has 0 atom stereocenters. The number of halogens is 1. The summed E-state index contributed by atoms with van der Waals surface area (Å²) in [4.78, 5) is 0. The highest BCUT2D eigenvalue weighted by atomic mass is 79.9. The third-order valence-corrected chi connectivity index (χ3v) is 2.46. The second-order valence-corrected chi connectivity index (χ2v) is 5.50. The van der Waals surface area contributed by atoms with Crippen molar-refractivity contribution in [1.82, 2.24) is 0 Å². The summed E-state index contributed by atoms with van der Waals surface area (Å²) in [7, 11) is 6.64. The quantitative estimate of drug-likeness (QED) is 0.574. The van der Waals surface area contributed by atoms with Gasteiger partial charge in [0.2, 0.25) is 0 Å². The summed E-state index contributed by atoms with van der Waals surface area (Å²) in [5.41, 5.74) is 2.82. The van der Waals surface area contributed by atoms with E-state index in [2.05, 4.69) is 61.3 Å². The highest BCUT2D eigenvalue weighted by molar-refractivity contribution is 9.09. The van der Waals surface area contributed by atoms with Crippen LogP contribution >= 0.6 is 15.9 Å². The predicted molar refractivity (Wildman–Crippen MR) is 65.7 cm³/mol. The monoisotopic (exact) mass is 256 g/mol. The lowest BCUT2D eigenvalue weighted by Crippen LogP contribution is -2.33. The van der Waals surface area contributed by atoms with Gasteiger partial charge in [-0.05, 0) is 12.0 Å². The van der Waals surface area contributed by atoms with Crippen LogP contribution in [0.3, 0.4) is 0 Å². The van der Waals surface area contributed by atoms with Crippen LogP contribution in [-0.4, -0.2) is 31.0 Å². The van der Waals surface area contributed by atoms with Gasteiger partial charge in [0.15, 0.2) is 0 Å². The Bertz CT molecular complexity index is 271. The number of hydrogen-bond donors (Lipinski definition) is 0. The maximum absolute atomic E-state index is 3.45. The summed E-state index contributed by atoms with van der Waals surface area (Å²) >= 11 is 3.45. The minimum absolute atomic E-state index is 0.984. The Balaban J connectivity index is 2.64. The normalized spacial score (nSPS) is 11.7. The van der Waals surface area contributed by atoms with Gasteiger partial charge in [-0.2, -0.15) is 0 Å². The average Bonchev–Trinajstić information content (AvgIpc) is 2.06. The Morgan fingerprint density at radius 1 is 1.00 bits per heavy atom. The SMILES string of the molecule is C[N+](C)(C)Cc1ccc(CCBr)cc1. The molecule has 0 amide bonds. The zero-order chi connectivity index (χ0) is 10.6. The van der Waals surface area contributed by atoms with E-state index in [4.69, 9.17) is 0 Å². The highest BCUT2D eigenvalue weighted by Gasteiger charge is 2.07. The first-order valence-corrected chi connectivity index (χ1v) is 6.08. The lowest BCUT2D eigenvalue weighted by atomic mass is 10.1. The highest BCUT2D eigenvalue weighted by Crippen LogP contribution is 2.09. The fourth-order valence-corrected chi connectivity index (χ4v) is 1.93. The summed E-state index contributed by atoms with van der Waals surface area (Å²) in [6.45, 7) is 1.09. The molecular formula is C12H19BrN+. The van der Waals surface area contributed by atoms with E-state index >= 15 is 0 Å². The molecule has 78 valence electrons. The minimum atomic E-state index is 0.984. The second-order valence-electron chi connectivity index (χ2n) is 4.70. The first-order valence-electron chi connectivity index (χ1n) is 4.95. The van der Waals surface area contributed by atoms with Crippen LogP contribution in [0, 0.1) is 0 Å². The topological polar surface area (TPSA) is 0 Å². The van der Waals surface area contributed by atoms with Gasteiger partial charge in [-0.15, -0.1) is 0 Å². The molecule has 0 aromatic heterocycles. The summed E-state index contributed by atoms with van der Waals surface area (Å²) in [6, 6.07) is 8.93. The smallest absolute Gasteiger partial charge is 0.104 e. The summed E-state index contributed by atoms with van der Waals surface area (Å²) in [6.07, 6.45) is 1.12. The molecule has 0 unspecified atom stereocenters. The van der Waals surface area contributed by atoms with Gasteiger partial charge in [-0.3, -0.25) is 0 Å². The largest absolute Gasteiger partial charge is 0.327 e. The number of benzene rings is 1. The molecular weight excluding hydrogens is 238 g/mol. The molecule has 0 saturated heterocycles. The number of quaternary nitrogens is 1. The van der Waals surface area contributed by atoms with Gasteiger partial charge < -0.3 is 4.48 Å². The fraction of sp³-hybridized carbons (Fsp3) is 0.500. The van der Waals surface area contributed by atoms with Gasteiger partial charge in [0.05, 0.1) is 21.1 Å². The van der Waals surface area contributed by atoms with Crippen LogP contribution in [0.15, 0.2) is 24.3 Å². The number of alkyl halides is 1. The fourth-order valence-electron chi connectivity index (χ4n) is 1.47. The Morgan fingerprint density at radius 2 is 1.50 bits per heavy atom. The Hall–Kier alpha value is -0.340. The number of aryl methyl sites for hydroxylation is 1. The lowest BCUT2D eigenvalue weighted by molar-refractivity contribution is -0.884. The van der Waals surface area contributed by atoms with Crippen LogP contribution in [0.4, 0.5) is 0 Å². The van der Waals surface area contributed by atoms with Crippen molar-refractivity contribution in [2.24, 2.45) is 0 Å². The van der Waals surface area contributed by atoms with Crippen molar-refractivity contribution >= 4 is 15.9 Å². The third-order valence-electron chi connectivity index (χ3n) is 2.06. The van der Waals surface area contributed by atoms with Crippen molar-refractivity contribution in [2.75, 3.05) is 26.5 Å². The van der Waals surface area contributed by atoms with E-state index in [1.54, 1.807) is 0 Å². The molecule has 14 heavy (non-hydrogen) atoms. The summed E-state index contributed by atoms with van der Waals surface area (Å²) in [5, 5.41) is 1.04. The molecule has 1 rings (SSSR count). The van der Waals surface area contributed by atoms with Crippen molar-refractivity contribution in [3.8, 4) is 0 Å². The molecule has 1 nitrogen and oxygen atoms in total. The van der Waals surface area contributed by atoms with Gasteiger partial charge in [-0.25, -0.2) is 0 Å². The maximum Gasteiger partial charge on any atom is 0.104 e. The number of hydrogen-bond acceptors (Lipinski definition) is 0. The van der Waals surface area contributed by atoms with Crippen LogP contribution in [0.25, 0.3) is 0 Å². The van der Waals surface area contributed by atoms with E-state index in [1.807, 2.05) is 0 Å². The first kappa shape index (κ1) is 11.7. The van der Waals surface area contributed by atoms with Crippen molar-refractivity contribution in [1.29, 1.82) is 0 Å². The lowest BCUT2D eigenvalue weighted by Gasteiger charge is -2.23. The standard InChI is InChI=1S/C12H19BrN/c1-14(2,3)10-12-6-4-11(5-7-12)8-9-13/h4-7H,8-10H2,1-3H3/q+1. The molecule has 0 saturated carbocycles. The van der Waals surface area contributed by atoms with Crippen LogP contribution in [-0.2, 0) is 13.0 Å². The summed E-state index contributed by atoms with van der Waals surface area (Å²) in [5.74, 6) is 0. The van der Waals surface area contributed by atoms with E-state index in [1.165, 1.54) is 11.1 Å². The maximum atomic E-state index is 3.45. The molecule has 0 heterocycles. The van der Waals surface area contributed by atoms with Gasteiger partial charge in [0.25, 0.3) is 0 Å². The Kier molecular flexibility index (Phi) is 4.14. The van der Waals surface area contributed by atoms with Gasteiger partial charge in [0.1, 0.15) is 6.54 Å². The van der Waals surface area contributed by atoms with Crippen molar-refractivity contribution in [3.63, 3.8) is 0 Å². The third kappa shape index (κ3) is 4.25. The summed E-state index contributed by atoms with van der Waals surface area (Å²) < 4.78 is 0.984. The minimum Gasteiger partial charge on any atom is -0.327 e. The van der Waals surface area contributed by atoms with Crippen LogP contribution < -0.4 is 0 Å². The number of rotatable bonds is 4. The molecule has 2 heteroatoms. The van der Waals surface area contributed by atoms with Crippen molar-refractivity contribution in [2.45, 2.75) is 13.0 Å². The molecule has 0 bridgehead atoms. The zero-order valence-electron chi connectivity index (χ0n) is 9.26. The van der Waals surface area contributed by atoms with E-state index in [-0.39, 0.29) is 0 Å².